The molecule has 0 aromatic heterocycles. The van der Waals surface area contributed by atoms with Crippen molar-refractivity contribution >= 4 is 62.3 Å². The van der Waals surface area contributed by atoms with Crippen LogP contribution >= 0.6 is 23.2 Å². The van der Waals surface area contributed by atoms with E-state index in [-0.39, 0.29) is 69.1 Å². The van der Waals surface area contributed by atoms with E-state index in [0.717, 1.165) is 27.6 Å². The van der Waals surface area contributed by atoms with Crippen LogP contribution in [0.25, 0.3) is 0 Å². The molecule has 0 saturated carbocycles. The molecule has 1 unspecified atom stereocenters. The van der Waals surface area contributed by atoms with E-state index in [1.165, 1.54) is 12.1 Å². The Labute approximate surface area is 300 Å². The normalized spacial score (nSPS) is 14.0. The fourth-order valence-electron chi connectivity index (χ4n) is 5.23. The van der Waals surface area contributed by atoms with Crippen LogP contribution in [-0.2, 0) is 14.8 Å². The fourth-order valence-corrected chi connectivity index (χ4v) is 7.42. The molecule has 0 aliphatic carbocycles. The van der Waals surface area contributed by atoms with Crippen LogP contribution in [-0.4, -0.2) is 60.9 Å². The average Bonchev–Trinajstić information content (AvgIpc) is 3.05. The Bertz CT molecular complexity index is 2050. The molecule has 50 heavy (non-hydrogen) atoms. The molecule has 0 radical (unpaired) electrons. The first-order valence-electron chi connectivity index (χ1n) is 15.6. The Balaban J connectivity index is 1.56. The van der Waals surface area contributed by atoms with Crippen molar-refractivity contribution in [3.8, 4) is 17.2 Å². The number of benzene rings is 4. The van der Waals surface area contributed by atoms with Crippen LogP contribution in [0.1, 0.15) is 41.8 Å². The van der Waals surface area contributed by atoms with Crippen molar-refractivity contribution in [2.24, 2.45) is 4.99 Å². The van der Waals surface area contributed by atoms with E-state index in [1.807, 2.05) is 45.9 Å². The highest BCUT2D eigenvalue weighted by Crippen LogP contribution is 2.38. The van der Waals surface area contributed by atoms with Gasteiger partial charge in [-0.15, -0.1) is 0 Å². The Morgan fingerprint density at radius 1 is 0.920 bits per heavy atom. The van der Waals surface area contributed by atoms with Crippen LogP contribution in [0, 0.1) is 13.8 Å². The van der Waals surface area contributed by atoms with E-state index in [1.54, 1.807) is 36.4 Å². The van der Waals surface area contributed by atoms with Gasteiger partial charge >= 0.3 is 5.97 Å². The summed E-state index contributed by atoms with van der Waals surface area (Å²) in [5.41, 5.74) is 2.17. The first-order chi connectivity index (χ1) is 23.8. The number of carboxylic acids is 1. The van der Waals surface area contributed by atoms with Crippen molar-refractivity contribution in [1.29, 1.82) is 0 Å². The number of aliphatic imine (C=N–C) groups is 1. The molecule has 0 spiro atoms. The van der Waals surface area contributed by atoms with Crippen molar-refractivity contribution in [3.63, 3.8) is 0 Å². The number of amidine groups is 1. The standard InChI is InChI=1S/C36H35Cl2N3O8S/c1-21(2)48-30-12-7-5-10-27(30)40-35(42)33(49-32-25(37)19-24(36(43)44)20-26(32)38)34-39-28-11-6-8-13-31(28)50(45,46)41(34)16-9-17-47-29-15-14-22(3)18-23(29)4/h5-8,10-15,18-21,33H,9,16-17H2,1-4H3,(H,40,42)(H,43,44). The van der Waals surface area contributed by atoms with Gasteiger partial charge in [-0.1, -0.05) is 65.2 Å². The second-order valence-electron chi connectivity index (χ2n) is 11.7. The van der Waals surface area contributed by atoms with Gasteiger partial charge in [-0.3, -0.25) is 4.79 Å². The highest BCUT2D eigenvalue weighted by atomic mass is 35.5. The van der Waals surface area contributed by atoms with Gasteiger partial charge in [0.2, 0.25) is 6.10 Å². The van der Waals surface area contributed by atoms with Crippen molar-refractivity contribution in [1.82, 2.24) is 4.31 Å². The molecule has 0 bridgehead atoms. The van der Waals surface area contributed by atoms with Gasteiger partial charge in [0.05, 0.1) is 39.7 Å². The van der Waals surface area contributed by atoms with Crippen LogP contribution in [0.15, 0.2) is 88.8 Å². The van der Waals surface area contributed by atoms with E-state index in [9.17, 15) is 23.1 Å². The molecular formula is C36H35Cl2N3O8S. The Morgan fingerprint density at radius 2 is 1.60 bits per heavy atom. The second-order valence-corrected chi connectivity index (χ2v) is 14.4. The number of para-hydroxylation sites is 3. The molecule has 11 nitrogen and oxygen atoms in total. The van der Waals surface area contributed by atoms with E-state index in [4.69, 9.17) is 37.4 Å². The number of carbonyl (C=O) groups excluding carboxylic acids is 1. The van der Waals surface area contributed by atoms with Gasteiger partial charge in [0.15, 0.2) is 11.6 Å². The number of fused-ring (bicyclic) bond motifs is 1. The first-order valence-corrected chi connectivity index (χ1v) is 17.8. The van der Waals surface area contributed by atoms with Crippen LogP contribution in [0.4, 0.5) is 11.4 Å². The zero-order chi connectivity index (χ0) is 36.2. The summed E-state index contributed by atoms with van der Waals surface area (Å²) in [4.78, 5) is 30.5. The molecule has 4 aromatic rings. The smallest absolute Gasteiger partial charge is 0.335 e. The van der Waals surface area contributed by atoms with E-state index in [0.29, 0.717) is 11.5 Å². The number of rotatable bonds is 13. The predicted octanol–water partition coefficient (Wildman–Crippen LogP) is 7.69. The number of hydrogen-bond acceptors (Lipinski definition) is 8. The number of nitrogens with zero attached hydrogens (tertiary/aromatic N) is 2. The van der Waals surface area contributed by atoms with Crippen LogP contribution in [0.3, 0.4) is 0 Å². The number of anilines is 1. The topological polar surface area (TPSA) is 144 Å². The zero-order valence-corrected chi connectivity index (χ0v) is 30.0. The van der Waals surface area contributed by atoms with Gasteiger partial charge < -0.3 is 24.6 Å². The maximum Gasteiger partial charge on any atom is 0.335 e. The predicted molar refractivity (Wildman–Crippen MR) is 192 cm³/mol. The summed E-state index contributed by atoms with van der Waals surface area (Å²) in [6, 6.07) is 20.8. The SMILES string of the molecule is Cc1ccc(OCCCN2C(C(Oc3c(Cl)cc(C(=O)O)cc3Cl)C(=O)Nc3ccccc3OC(C)C)=Nc3ccccc3S2(=O)=O)c(C)c1. The maximum absolute atomic E-state index is 14.3. The molecule has 1 heterocycles. The number of aromatic carboxylic acids is 1. The Hall–Kier alpha value is -4.78. The van der Waals surface area contributed by atoms with Crippen molar-refractivity contribution < 1.29 is 37.3 Å². The number of hydrogen-bond donors (Lipinski definition) is 2. The highest BCUT2D eigenvalue weighted by Gasteiger charge is 2.42. The Morgan fingerprint density at radius 3 is 2.28 bits per heavy atom. The van der Waals surface area contributed by atoms with Crippen LogP contribution in [0.5, 0.6) is 17.2 Å². The number of sulfonamides is 1. The molecule has 4 aromatic carbocycles. The van der Waals surface area contributed by atoms with Gasteiger partial charge in [-0.2, -0.15) is 0 Å². The third kappa shape index (κ3) is 8.15. The summed E-state index contributed by atoms with van der Waals surface area (Å²) in [5, 5.41) is 11.8. The van der Waals surface area contributed by atoms with Crippen molar-refractivity contribution in [3.05, 3.63) is 106 Å². The summed E-state index contributed by atoms with van der Waals surface area (Å²) in [5.74, 6) is -1.62. The fraction of sp³-hybridized carbons (Fsp3) is 0.250. The largest absolute Gasteiger partial charge is 0.493 e. The van der Waals surface area contributed by atoms with Gasteiger partial charge in [-0.25, -0.2) is 22.5 Å². The lowest BCUT2D eigenvalue weighted by atomic mass is 10.1. The molecule has 14 heteroatoms. The zero-order valence-electron chi connectivity index (χ0n) is 27.6. The molecule has 2 N–H and O–H groups in total. The van der Waals surface area contributed by atoms with Gasteiger partial charge in [0.1, 0.15) is 16.4 Å². The molecule has 0 fully saturated rings. The van der Waals surface area contributed by atoms with Crippen molar-refractivity contribution in [2.75, 3.05) is 18.5 Å². The lowest BCUT2D eigenvalue weighted by Crippen LogP contribution is -2.52. The van der Waals surface area contributed by atoms with Crippen LogP contribution < -0.4 is 19.5 Å². The molecular weight excluding hydrogens is 705 g/mol. The molecule has 1 atom stereocenters. The third-order valence-electron chi connectivity index (χ3n) is 7.48. The summed E-state index contributed by atoms with van der Waals surface area (Å²) < 4.78 is 47.5. The highest BCUT2D eigenvalue weighted by molar-refractivity contribution is 7.90. The minimum atomic E-state index is -4.28. The number of amides is 1. The summed E-state index contributed by atoms with van der Waals surface area (Å²) >= 11 is 12.9. The Kier molecular flexibility index (Phi) is 11.2. The third-order valence-corrected chi connectivity index (χ3v) is 9.89. The van der Waals surface area contributed by atoms with Gasteiger partial charge in [-0.05, 0) is 75.7 Å². The summed E-state index contributed by atoms with van der Waals surface area (Å²) in [6.07, 6.45) is -1.78. The van der Waals surface area contributed by atoms with Gasteiger partial charge in [0.25, 0.3) is 15.9 Å². The number of carboxylic acid groups (broad SMARTS) is 1. The quantitative estimate of drug-likeness (QED) is 0.133. The number of nitrogens with one attached hydrogen (secondary N) is 1. The lowest BCUT2D eigenvalue weighted by Gasteiger charge is -2.33. The maximum atomic E-state index is 14.3. The first kappa shape index (κ1) is 36.5. The minimum absolute atomic E-state index is 0.0595. The number of ether oxygens (including phenoxy) is 3. The molecule has 262 valence electrons. The monoisotopic (exact) mass is 739 g/mol. The molecule has 1 aliphatic heterocycles. The minimum Gasteiger partial charge on any atom is -0.493 e. The average molecular weight is 741 g/mol. The summed E-state index contributed by atoms with van der Waals surface area (Å²) in [7, 11) is -4.28. The number of carbonyl (C=O) groups is 2. The number of aryl methyl sites for hydroxylation is 2. The van der Waals surface area contributed by atoms with Crippen LogP contribution in [0.2, 0.25) is 10.0 Å². The van der Waals surface area contributed by atoms with E-state index < -0.39 is 28.0 Å². The van der Waals surface area contributed by atoms with Gasteiger partial charge in [0, 0.05) is 13.0 Å². The molecule has 0 saturated heterocycles. The van der Waals surface area contributed by atoms with E-state index >= 15 is 0 Å². The molecule has 5 rings (SSSR count). The lowest BCUT2D eigenvalue weighted by molar-refractivity contribution is -0.120. The van der Waals surface area contributed by atoms with Crippen molar-refractivity contribution in [2.45, 2.75) is 51.2 Å². The molecule has 1 amide bonds. The molecule has 1 aliphatic rings. The van der Waals surface area contributed by atoms with E-state index in [2.05, 4.69) is 10.3 Å². The summed E-state index contributed by atoms with van der Waals surface area (Å²) in [6.45, 7) is 7.56. The second kappa shape index (κ2) is 15.4. The number of halogens is 2.